The molecule has 34 heavy (non-hydrogen) atoms. The van der Waals surface area contributed by atoms with Gasteiger partial charge in [0.1, 0.15) is 0 Å². The summed E-state index contributed by atoms with van der Waals surface area (Å²) in [5.41, 5.74) is 6.54. The topological polar surface area (TPSA) is 87.2 Å². The number of benzene rings is 1. The number of hydrogen-bond donors (Lipinski definition) is 1. The zero-order valence-corrected chi connectivity index (χ0v) is 20.8. The summed E-state index contributed by atoms with van der Waals surface area (Å²) in [7, 11) is 0. The molecule has 7 nitrogen and oxygen atoms in total. The highest BCUT2D eigenvalue weighted by atomic mass is 16.1. The number of pyridine rings is 1. The zero-order valence-electron chi connectivity index (χ0n) is 20.8. The van der Waals surface area contributed by atoms with E-state index in [1.807, 2.05) is 59.5 Å². The minimum Gasteiger partial charge on any atom is -0.370 e. The molecule has 1 aromatic heterocycles. The molecule has 2 aromatic rings. The maximum atomic E-state index is 12.2. The van der Waals surface area contributed by atoms with Crippen molar-refractivity contribution in [1.29, 1.82) is 0 Å². The molecule has 0 spiro atoms. The average molecular weight is 465 g/mol. The summed E-state index contributed by atoms with van der Waals surface area (Å²) in [4.78, 5) is 16.9. The first-order valence-electron chi connectivity index (χ1n) is 12.8. The van der Waals surface area contributed by atoms with E-state index in [9.17, 15) is 4.79 Å². The molecular weight excluding hydrogens is 424 g/mol. The highest BCUT2D eigenvalue weighted by Gasteiger charge is 2.49. The van der Waals surface area contributed by atoms with Gasteiger partial charge in [-0.05, 0) is 25.0 Å². The first-order valence-corrected chi connectivity index (χ1v) is 12.8. The normalized spacial score (nSPS) is 17.5. The molecule has 1 aromatic carbocycles. The first-order chi connectivity index (χ1) is 16.6. The van der Waals surface area contributed by atoms with Gasteiger partial charge in [0.15, 0.2) is 5.82 Å². The Hall–Kier alpha value is -2.96. The number of carbonyl (C=O) groups excluding carboxylic acids is 1. The third-order valence-electron chi connectivity index (χ3n) is 6.45. The monoisotopic (exact) mass is 464 g/mol. The van der Waals surface area contributed by atoms with Crippen molar-refractivity contribution in [3.63, 3.8) is 0 Å². The zero-order chi connectivity index (χ0) is 24.2. The number of hydrogen-bond acceptors (Lipinski definition) is 6. The van der Waals surface area contributed by atoms with Crippen LogP contribution < -0.4 is 10.7 Å². The van der Waals surface area contributed by atoms with E-state index in [2.05, 4.69) is 22.2 Å². The number of rotatable bonds is 15. The third kappa shape index (κ3) is 6.55. The molecule has 1 aliphatic heterocycles. The van der Waals surface area contributed by atoms with Gasteiger partial charge >= 0.3 is 0 Å². The fraction of sp³-hybridized carbons (Fsp3) is 0.556. The lowest BCUT2D eigenvalue weighted by Crippen LogP contribution is -2.51. The molecule has 0 fully saturated rings. The number of unbranched alkanes of at least 4 members (excludes halogenated alkanes) is 9. The molecule has 7 heteroatoms. The fourth-order valence-corrected chi connectivity index (χ4v) is 4.61. The lowest BCUT2D eigenvalue weighted by Gasteiger charge is -2.39. The van der Waals surface area contributed by atoms with Crippen LogP contribution in [-0.2, 0) is 10.5 Å². The van der Waals surface area contributed by atoms with Crippen molar-refractivity contribution in [2.24, 2.45) is 16.1 Å². The SMILES string of the molecule is CCCCCCCCCCCCN1N=NC(CC(N)=O)(c2ccccc2)N1c1ncccc1C. The van der Waals surface area contributed by atoms with Crippen LogP contribution in [0.25, 0.3) is 0 Å². The van der Waals surface area contributed by atoms with E-state index in [-0.39, 0.29) is 6.42 Å². The fourth-order valence-electron chi connectivity index (χ4n) is 4.61. The molecule has 1 amide bonds. The number of aryl methyl sites for hydroxylation is 1. The van der Waals surface area contributed by atoms with Gasteiger partial charge in [0.25, 0.3) is 0 Å². The predicted octanol–water partition coefficient (Wildman–Crippen LogP) is 6.44. The number of amides is 1. The lowest BCUT2D eigenvalue weighted by molar-refractivity contribution is -0.119. The molecule has 0 radical (unpaired) electrons. The summed E-state index contributed by atoms with van der Waals surface area (Å²) in [5, 5.41) is 13.0. The highest BCUT2D eigenvalue weighted by molar-refractivity contribution is 5.76. The van der Waals surface area contributed by atoms with Crippen LogP contribution in [0.1, 0.15) is 88.7 Å². The number of carbonyl (C=O) groups is 1. The van der Waals surface area contributed by atoms with Crippen molar-refractivity contribution in [1.82, 2.24) is 10.1 Å². The minimum absolute atomic E-state index is 0.0189. The van der Waals surface area contributed by atoms with Crippen LogP contribution in [-0.4, -0.2) is 22.6 Å². The van der Waals surface area contributed by atoms with E-state index in [4.69, 9.17) is 5.73 Å². The van der Waals surface area contributed by atoms with Gasteiger partial charge in [-0.3, -0.25) is 4.79 Å². The van der Waals surface area contributed by atoms with Crippen LogP contribution >= 0.6 is 0 Å². The summed E-state index contributed by atoms with van der Waals surface area (Å²) >= 11 is 0. The van der Waals surface area contributed by atoms with Crippen molar-refractivity contribution in [2.75, 3.05) is 11.6 Å². The Balaban J connectivity index is 1.68. The molecule has 2 N–H and O–H groups in total. The smallest absolute Gasteiger partial charge is 0.222 e. The molecule has 184 valence electrons. The quantitative estimate of drug-likeness (QED) is 0.307. The first kappa shape index (κ1) is 25.7. The Bertz CT molecular complexity index is 918. The Kier molecular flexibility index (Phi) is 9.86. The van der Waals surface area contributed by atoms with Crippen LogP contribution in [0.15, 0.2) is 59.0 Å². The van der Waals surface area contributed by atoms with Crippen molar-refractivity contribution in [3.05, 3.63) is 59.8 Å². The maximum absolute atomic E-state index is 12.2. The van der Waals surface area contributed by atoms with E-state index in [0.717, 1.165) is 29.8 Å². The van der Waals surface area contributed by atoms with E-state index in [0.29, 0.717) is 6.54 Å². The minimum atomic E-state index is -1.04. The summed E-state index contributed by atoms with van der Waals surface area (Å²) in [5.74, 6) is 0.312. The highest BCUT2D eigenvalue weighted by Crippen LogP contribution is 2.43. The lowest BCUT2D eigenvalue weighted by atomic mass is 9.95. The van der Waals surface area contributed by atoms with Crippen LogP contribution in [0.4, 0.5) is 5.82 Å². The molecule has 0 saturated carbocycles. The number of nitrogens with two attached hydrogens (primary N) is 1. The molecule has 1 unspecified atom stereocenters. The van der Waals surface area contributed by atoms with Crippen LogP contribution in [0.3, 0.4) is 0 Å². The second kappa shape index (κ2) is 13.1. The third-order valence-corrected chi connectivity index (χ3v) is 6.45. The summed E-state index contributed by atoms with van der Waals surface area (Å²) < 4.78 is 0. The van der Waals surface area contributed by atoms with E-state index in [1.165, 1.54) is 51.4 Å². The van der Waals surface area contributed by atoms with Crippen molar-refractivity contribution < 1.29 is 4.79 Å². The number of aromatic nitrogens is 1. The number of primary amides is 1. The second-order valence-corrected chi connectivity index (χ2v) is 9.25. The molecule has 1 atom stereocenters. The number of nitrogens with zero attached hydrogens (tertiary/aromatic N) is 5. The van der Waals surface area contributed by atoms with Crippen molar-refractivity contribution >= 4 is 11.7 Å². The summed E-state index contributed by atoms with van der Waals surface area (Å²) in [6.45, 7) is 4.98. The molecule has 0 saturated heterocycles. The standard InChI is InChI=1S/C27H40N6O/c1-3-4-5-6-7-8-9-10-11-15-21-32-31-30-27(22-25(28)34,24-18-13-12-14-19-24)33(32)26-23(2)17-16-20-29-26/h12-14,16-20H,3-11,15,21-22H2,1-2H3,(H2,28,34). The van der Waals surface area contributed by atoms with E-state index >= 15 is 0 Å². The van der Waals surface area contributed by atoms with Gasteiger partial charge in [-0.25, -0.2) is 9.99 Å². The van der Waals surface area contributed by atoms with Gasteiger partial charge in [-0.2, -0.15) is 5.12 Å². The maximum Gasteiger partial charge on any atom is 0.222 e. The number of anilines is 1. The predicted molar refractivity (Wildman–Crippen MR) is 137 cm³/mol. The molecule has 0 aliphatic carbocycles. The Morgan fingerprint density at radius 3 is 2.18 bits per heavy atom. The molecule has 3 rings (SSSR count). The van der Waals surface area contributed by atoms with Gasteiger partial charge in [-0.15, -0.1) is 5.11 Å². The van der Waals surface area contributed by atoms with Crippen LogP contribution in [0.5, 0.6) is 0 Å². The van der Waals surface area contributed by atoms with Crippen LogP contribution in [0.2, 0.25) is 0 Å². The Morgan fingerprint density at radius 1 is 0.912 bits per heavy atom. The molecular formula is C27H40N6O. The van der Waals surface area contributed by atoms with E-state index in [1.54, 1.807) is 6.20 Å². The largest absolute Gasteiger partial charge is 0.370 e. The average Bonchev–Trinajstić information content (AvgIpc) is 3.19. The van der Waals surface area contributed by atoms with E-state index < -0.39 is 11.6 Å². The summed E-state index contributed by atoms with van der Waals surface area (Å²) in [6.07, 6.45) is 14.5. The van der Waals surface area contributed by atoms with Crippen molar-refractivity contribution in [2.45, 2.75) is 90.1 Å². The molecule has 1 aliphatic rings. The Morgan fingerprint density at radius 2 is 1.56 bits per heavy atom. The van der Waals surface area contributed by atoms with Crippen LogP contribution in [0, 0.1) is 6.92 Å². The second-order valence-electron chi connectivity index (χ2n) is 9.25. The van der Waals surface area contributed by atoms with Gasteiger partial charge in [0, 0.05) is 11.8 Å². The summed E-state index contributed by atoms with van der Waals surface area (Å²) in [6, 6.07) is 13.7. The van der Waals surface area contributed by atoms with Crippen molar-refractivity contribution in [3.8, 4) is 0 Å². The van der Waals surface area contributed by atoms with Gasteiger partial charge < -0.3 is 5.73 Å². The Labute approximate surface area is 204 Å². The molecule has 0 bridgehead atoms. The molecule has 2 heterocycles. The van der Waals surface area contributed by atoms with Gasteiger partial charge in [-0.1, -0.05) is 106 Å². The number of hydrazine groups is 1. The van der Waals surface area contributed by atoms with Gasteiger partial charge in [0.2, 0.25) is 11.6 Å². The van der Waals surface area contributed by atoms with Gasteiger partial charge in [0.05, 0.1) is 13.0 Å².